The van der Waals surface area contributed by atoms with E-state index in [2.05, 4.69) is 21.2 Å². The van der Waals surface area contributed by atoms with E-state index in [1.54, 1.807) is 17.5 Å². The van der Waals surface area contributed by atoms with Crippen LogP contribution in [0.4, 0.5) is 15.1 Å². The molecule has 0 saturated heterocycles. The zero-order valence-electron chi connectivity index (χ0n) is 9.02. The van der Waals surface area contributed by atoms with Gasteiger partial charge in [-0.05, 0) is 33.6 Å². The van der Waals surface area contributed by atoms with Crippen LogP contribution in [0.25, 0.3) is 0 Å². The Balaban J connectivity index is 2.09. The molecule has 0 aliphatic rings. The summed E-state index contributed by atoms with van der Waals surface area (Å²) in [5, 5.41) is 15.2. The molecular formula is C11H8BrFN2O2S. The molecule has 0 spiro atoms. The van der Waals surface area contributed by atoms with Gasteiger partial charge in [0.1, 0.15) is 5.82 Å². The fraction of sp³-hybridized carbons (Fsp3) is 0.0909. The van der Waals surface area contributed by atoms with Crippen LogP contribution in [-0.2, 0) is 6.54 Å². The molecule has 0 atom stereocenters. The number of nitrogens with zero attached hydrogens (tertiary/aromatic N) is 1. The number of rotatable bonds is 4. The number of anilines is 1. The van der Waals surface area contributed by atoms with Gasteiger partial charge in [-0.1, -0.05) is 17.4 Å². The zero-order chi connectivity index (χ0) is 13.1. The molecule has 0 fully saturated rings. The van der Waals surface area contributed by atoms with Crippen molar-refractivity contribution < 1.29 is 9.31 Å². The maximum Gasteiger partial charge on any atom is 0.324 e. The first-order chi connectivity index (χ1) is 8.58. The van der Waals surface area contributed by atoms with Gasteiger partial charge in [-0.2, -0.15) is 0 Å². The van der Waals surface area contributed by atoms with Gasteiger partial charge in [0, 0.05) is 22.5 Å². The van der Waals surface area contributed by atoms with Gasteiger partial charge in [0.15, 0.2) is 0 Å². The first-order valence-corrected chi connectivity index (χ1v) is 6.65. The van der Waals surface area contributed by atoms with Gasteiger partial charge in [0.2, 0.25) is 0 Å². The summed E-state index contributed by atoms with van der Waals surface area (Å²) in [4.78, 5) is 10.1. The lowest BCUT2D eigenvalue weighted by Gasteiger charge is -2.08. The molecule has 0 amide bonds. The van der Waals surface area contributed by atoms with E-state index in [1.165, 1.54) is 12.1 Å². The molecular weight excluding hydrogens is 323 g/mol. The molecule has 1 aromatic carbocycles. The second kappa shape index (κ2) is 5.45. The maximum absolute atomic E-state index is 13.5. The Labute approximate surface area is 115 Å². The van der Waals surface area contributed by atoms with E-state index >= 15 is 0 Å². The Bertz CT molecular complexity index is 568. The number of thiophene rings is 1. The van der Waals surface area contributed by atoms with Crippen molar-refractivity contribution >= 4 is 38.0 Å². The summed E-state index contributed by atoms with van der Waals surface area (Å²) in [5.41, 5.74) is 1.10. The lowest BCUT2D eigenvalue weighted by atomic mass is 10.3. The van der Waals surface area contributed by atoms with Gasteiger partial charge in [-0.3, -0.25) is 10.1 Å². The largest absolute Gasteiger partial charge is 0.378 e. The average molecular weight is 331 g/mol. The van der Waals surface area contributed by atoms with Gasteiger partial charge in [0.05, 0.1) is 10.6 Å². The second-order valence-corrected chi connectivity index (χ2v) is 5.24. The third kappa shape index (κ3) is 2.85. The smallest absolute Gasteiger partial charge is 0.324 e. The van der Waals surface area contributed by atoms with Gasteiger partial charge in [0.25, 0.3) is 0 Å². The van der Waals surface area contributed by atoms with Crippen LogP contribution in [0.15, 0.2) is 34.1 Å². The van der Waals surface area contributed by atoms with E-state index in [-0.39, 0.29) is 10.8 Å². The summed E-state index contributed by atoms with van der Waals surface area (Å²) in [6.07, 6.45) is 0. The van der Waals surface area contributed by atoms with Crippen LogP contribution in [-0.4, -0.2) is 4.92 Å². The van der Waals surface area contributed by atoms with E-state index in [4.69, 9.17) is 0 Å². The molecule has 2 rings (SSSR count). The summed E-state index contributed by atoms with van der Waals surface area (Å²) in [7, 11) is 0. The van der Waals surface area contributed by atoms with Crippen LogP contribution in [0.5, 0.6) is 0 Å². The molecule has 0 bridgehead atoms. The van der Waals surface area contributed by atoms with Crippen molar-refractivity contribution in [2.45, 2.75) is 6.54 Å². The zero-order valence-corrected chi connectivity index (χ0v) is 11.4. The van der Waals surface area contributed by atoms with E-state index < -0.39 is 4.92 Å². The molecule has 0 radical (unpaired) electrons. The van der Waals surface area contributed by atoms with Crippen molar-refractivity contribution in [3.63, 3.8) is 0 Å². The summed E-state index contributed by atoms with van der Waals surface area (Å²) >= 11 is 4.30. The van der Waals surface area contributed by atoms with Gasteiger partial charge in [-0.25, -0.2) is 4.39 Å². The number of benzene rings is 1. The van der Waals surface area contributed by atoms with Crippen molar-refractivity contribution in [2.75, 3.05) is 5.32 Å². The molecule has 4 nitrogen and oxygen atoms in total. The fourth-order valence-electron chi connectivity index (χ4n) is 1.41. The van der Waals surface area contributed by atoms with Crippen LogP contribution >= 0.6 is 27.3 Å². The first-order valence-electron chi connectivity index (χ1n) is 4.97. The van der Waals surface area contributed by atoms with Crippen molar-refractivity contribution in [1.29, 1.82) is 0 Å². The number of hydrogen-bond acceptors (Lipinski definition) is 4. The molecule has 18 heavy (non-hydrogen) atoms. The standard InChI is InChI=1S/C11H8BrFN2O2S/c12-8-2-1-3-9(13)11(8)14-5-7-4-10(15(16)17)18-6-7/h1-4,6,14H,5H2. The lowest BCUT2D eigenvalue weighted by molar-refractivity contribution is -0.380. The Morgan fingerprint density at radius 2 is 2.28 bits per heavy atom. The predicted octanol–water partition coefficient (Wildman–Crippen LogP) is 4.17. The summed E-state index contributed by atoms with van der Waals surface area (Å²) < 4.78 is 14.1. The fourth-order valence-corrected chi connectivity index (χ4v) is 2.62. The number of para-hydroxylation sites is 1. The van der Waals surface area contributed by atoms with E-state index in [0.717, 1.165) is 16.9 Å². The number of nitrogens with one attached hydrogen (secondary N) is 1. The van der Waals surface area contributed by atoms with E-state index in [9.17, 15) is 14.5 Å². The summed E-state index contributed by atoms with van der Waals surface area (Å²) in [5.74, 6) is -0.367. The highest BCUT2D eigenvalue weighted by atomic mass is 79.9. The molecule has 1 N–H and O–H groups in total. The molecule has 0 aliphatic carbocycles. The normalized spacial score (nSPS) is 10.3. The summed E-state index contributed by atoms with van der Waals surface area (Å²) in [6, 6.07) is 6.15. The van der Waals surface area contributed by atoms with Crippen LogP contribution < -0.4 is 5.32 Å². The van der Waals surface area contributed by atoms with Crippen molar-refractivity contribution in [3.8, 4) is 0 Å². The average Bonchev–Trinajstić information content (AvgIpc) is 2.77. The molecule has 0 aliphatic heterocycles. The molecule has 0 saturated carbocycles. The SMILES string of the molecule is O=[N+]([O-])c1cc(CNc2c(F)cccc2Br)cs1. The maximum atomic E-state index is 13.5. The highest BCUT2D eigenvalue weighted by Gasteiger charge is 2.11. The van der Waals surface area contributed by atoms with Crippen LogP contribution in [0.3, 0.4) is 0 Å². The third-order valence-corrected chi connectivity index (χ3v) is 3.84. The van der Waals surface area contributed by atoms with Crippen LogP contribution in [0, 0.1) is 15.9 Å². The summed E-state index contributed by atoms with van der Waals surface area (Å²) in [6.45, 7) is 0.337. The molecule has 2 aromatic rings. The first kappa shape index (κ1) is 13.0. The van der Waals surface area contributed by atoms with Gasteiger partial charge in [-0.15, -0.1) is 0 Å². The number of halogens is 2. The van der Waals surface area contributed by atoms with Crippen LogP contribution in [0.1, 0.15) is 5.56 Å². The van der Waals surface area contributed by atoms with Crippen LogP contribution in [0.2, 0.25) is 0 Å². The highest BCUT2D eigenvalue weighted by Crippen LogP contribution is 2.27. The third-order valence-electron chi connectivity index (χ3n) is 2.25. The number of hydrogen-bond donors (Lipinski definition) is 1. The molecule has 7 heteroatoms. The minimum absolute atomic E-state index is 0.0828. The topological polar surface area (TPSA) is 55.2 Å². The van der Waals surface area contributed by atoms with Crippen molar-refractivity contribution in [1.82, 2.24) is 0 Å². The Morgan fingerprint density at radius 1 is 1.50 bits per heavy atom. The minimum Gasteiger partial charge on any atom is -0.378 e. The van der Waals surface area contributed by atoms with Gasteiger partial charge >= 0.3 is 5.00 Å². The molecule has 1 aromatic heterocycles. The van der Waals surface area contributed by atoms with E-state index in [1.807, 2.05) is 0 Å². The molecule has 1 heterocycles. The molecule has 94 valence electrons. The molecule has 0 unspecified atom stereocenters. The quantitative estimate of drug-likeness (QED) is 0.676. The Morgan fingerprint density at radius 3 is 2.89 bits per heavy atom. The Hall–Kier alpha value is -1.47. The van der Waals surface area contributed by atoms with Crippen molar-refractivity contribution in [3.05, 3.63) is 55.6 Å². The minimum atomic E-state index is -0.437. The highest BCUT2D eigenvalue weighted by molar-refractivity contribution is 9.10. The Kier molecular flexibility index (Phi) is 3.93. The van der Waals surface area contributed by atoms with Crippen molar-refractivity contribution in [2.24, 2.45) is 0 Å². The monoisotopic (exact) mass is 330 g/mol. The second-order valence-electron chi connectivity index (χ2n) is 3.50. The van der Waals surface area contributed by atoms with E-state index in [0.29, 0.717) is 16.7 Å². The number of nitro groups is 1. The van der Waals surface area contributed by atoms with Gasteiger partial charge < -0.3 is 5.32 Å². The predicted molar refractivity (Wildman–Crippen MR) is 72.4 cm³/mol. The lowest BCUT2D eigenvalue weighted by Crippen LogP contribution is -2.01.